The minimum Gasteiger partial charge on any atom is -0.205 e. The van der Waals surface area contributed by atoms with Crippen molar-refractivity contribution in [3.63, 3.8) is 0 Å². The van der Waals surface area contributed by atoms with Crippen molar-refractivity contribution in [3.8, 4) is 0 Å². The van der Waals surface area contributed by atoms with Gasteiger partial charge in [0, 0.05) is 10.8 Å². The van der Waals surface area contributed by atoms with Crippen LogP contribution in [0.1, 0.15) is 16.7 Å². The van der Waals surface area contributed by atoms with Gasteiger partial charge in [0.1, 0.15) is 11.6 Å². The van der Waals surface area contributed by atoms with Crippen molar-refractivity contribution >= 4 is 31.5 Å². The molecule has 1 heterocycles. The van der Waals surface area contributed by atoms with Crippen molar-refractivity contribution in [1.29, 1.82) is 0 Å². The lowest BCUT2D eigenvalue weighted by Crippen LogP contribution is -1.85. The minimum absolute atomic E-state index is 0.228. The molecule has 0 unspecified atom stereocenters. The van der Waals surface area contributed by atoms with E-state index in [1.54, 1.807) is 19.9 Å². The molecule has 3 aromatic rings. The predicted octanol–water partition coefficient (Wildman–Crippen LogP) is 5.26. The van der Waals surface area contributed by atoms with Gasteiger partial charge in [-0.1, -0.05) is 18.2 Å². The van der Waals surface area contributed by atoms with Gasteiger partial charge in [-0.25, -0.2) is 8.78 Å². The van der Waals surface area contributed by atoms with Gasteiger partial charge < -0.3 is 0 Å². The molecule has 0 spiro atoms. The van der Waals surface area contributed by atoms with Crippen LogP contribution in [0.15, 0.2) is 18.2 Å². The summed E-state index contributed by atoms with van der Waals surface area (Å²) in [5.74, 6) is -0.459. The molecule has 92 valence electrons. The lowest BCUT2D eigenvalue weighted by atomic mass is 10.0. The van der Waals surface area contributed by atoms with Crippen LogP contribution in [0, 0.1) is 32.4 Å². The molecule has 2 aromatic carbocycles. The zero-order valence-electron chi connectivity index (χ0n) is 10.4. The molecule has 0 fully saturated rings. The molecule has 0 radical (unpaired) electrons. The second kappa shape index (κ2) is 3.75. The summed E-state index contributed by atoms with van der Waals surface area (Å²) in [5, 5.41) is 1.66. The Labute approximate surface area is 108 Å². The highest BCUT2D eigenvalue weighted by molar-refractivity contribution is 7.26. The molecule has 0 aliphatic carbocycles. The van der Waals surface area contributed by atoms with Crippen LogP contribution in [0.4, 0.5) is 8.78 Å². The highest BCUT2D eigenvalue weighted by Gasteiger charge is 2.16. The van der Waals surface area contributed by atoms with Crippen molar-refractivity contribution in [1.82, 2.24) is 0 Å². The quantitative estimate of drug-likeness (QED) is 0.518. The lowest BCUT2D eigenvalue weighted by Gasteiger charge is -2.02. The Morgan fingerprint density at radius 3 is 2.22 bits per heavy atom. The number of fused-ring (bicyclic) bond motifs is 3. The normalized spacial score (nSPS) is 11.6. The summed E-state index contributed by atoms with van der Waals surface area (Å²) in [6.07, 6.45) is 0. The Morgan fingerprint density at radius 2 is 1.50 bits per heavy atom. The number of thiophene rings is 1. The number of hydrogen-bond donors (Lipinski definition) is 0. The van der Waals surface area contributed by atoms with Gasteiger partial charge in [-0.15, -0.1) is 11.3 Å². The molecule has 0 saturated carbocycles. The summed E-state index contributed by atoms with van der Waals surface area (Å²) < 4.78 is 29.3. The summed E-state index contributed by atoms with van der Waals surface area (Å²) in [4.78, 5) is 0. The van der Waals surface area contributed by atoms with E-state index in [1.165, 1.54) is 11.3 Å². The van der Waals surface area contributed by atoms with Gasteiger partial charge in [0.15, 0.2) is 0 Å². The fraction of sp³-hybridized carbons (Fsp3) is 0.200. The van der Waals surface area contributed by atoms with Crippen molar-refractivity contribution in [2.45, 2.75) is 20.8 Å². The molecular weight excluding hydrogens is 250 g/mol. The molecule has 0 N–H and O–H groups in total. The first kappa shape index (κ1) is 11.6. The van der Waals surface area contributed by atoms with Crippen molar-refractivity contribution in [2.24, 2.45) is 0 Å². The number of halogens is 2. The lowest BCUT2D eigenvalue weighted by molar-refractivity contribution is 0.632. The van der Waals surface area contributed by atoms with E-state index in [-0.39, 0.29) is 11.6 Å². The maximum Gasteiger partial charge on any atom is 0.143 e. The van der Waals surface area contributed by atoms with Crippen LogP contribution in [-0.4, -0.2) is 0 Å². The Hall–Kier alpha value is -1.48. The first-order chi connectivity index (χ1) is 8.50. The zero-order chi connectivity index (χ0) is 13.0. The average Bonchev–Trinajstić information content (AvgIpc) is 2.72. The van der Waals surface area contributed by atoms with Crippen LogP contribution in [0.3, 0.4) is 0 Å². The molecule has 0 atom stereocenters. The predicted molar refractivity (Wildman–Crippen MR) is 73.5 cm³/mol. The summed E-state index contributed by atoms with van der Waals surface area (Å²) in [7, 11) is 0. The molecule has 3 rings (SSSR count). The summed E-state index contributed by atoms with van der Waals surface area (Å²) in [6, 6.07) is 5.46. The second-order valence-corrected chi connectivity index (χ2v) is 5.72. The number of benzene rings is 2. The van der Waals surface area contributed by atoms with E-state index in [4.69, 9.17) is 0 Å². The van der Waals surface area contributed by atoms with Gasteiger partial charge in [0.05, 0.1) is 9.40 Å². The van der Waals surface area contributed by atoms with Crippen LogP contribution >= 0.6 is 11.3 Å². The molecule has 0 nitrogen and oxygen atoms in total. The highest BCUT2D eigenvalue weighted by atomic mass is 32.1. The summed E-state index contributed by atoms with van der Waals surface area (Å²) in [6.45, 7) is 5.42. The van der Waals surface area contributed by atoms with Gasteiger partial charge in [0.2, 0.25) is 0 Å². The fourth-order valence-electron chi connectivity index (χ4n) is 2.41. The van der Waals surface area contributed by atoms with Crippen molar-refractivity contribution in [2.75, 3.05) is 0 Å². The molecule has 0 aliphatic rings. The SMILES string of the molecule is Cc1ccc2c(sc3c(F)c(C)cc(C)c32)c1F. The maximum atomic E-state index is 14.1. The first-order valence-electron chi connectivity index (χ1n) is 5.77. The highest BCUT2D eigenvalue weighted by Crippen LogP contribution is 2.40. The Kier molecular flexibility index (Phi) is 2.42. The monoisotopic (exact) mass is 262 g/mol. The Morgan fingerprint density at radius 1 is 0.833 bits per heavy atom. The molecular formula is C15H12F2S. The zero-order valence-corrected chi connectivity index (χ0v) is 11.2. The first-order valence-corrected chi connectivity index (χ1v) is 6.59. The molecule has 18 heavy (non-hydrogen) atoms. The van der Waals surface area contributed by atoms with E-state index in [9.17, 15) is 8.78 Å². The summed E-state index contributed by atoms with van der Waals surface area (Å²) in [5.41, 5.74) is 2.21. The minimum atomic E-state index is -0.231. The Balaban J connectivity index is 2.63. The topological polar surface area (TPSA) is 0 Å². The fourth-order valence-corrected chi connectivity index (χ4v) is 3.77. The van der Waals surface area contributed by atoms with Crippen molar-refractivity contribution in [3.05, 3.63) is 46.5 Å². The molecule has 0 aliphatic heterocycles. The number of rotatable bonds is 0. The third kappa shape index (κ3) is 1.40. The smallest absolute Gasteiger partial charge is 0.143 e. The van der Waals surface area contributed by atoms with Gasteiger partial charge in [-0.05, 0) is 37.5 Å². The third-order valence-corrected chi connectivity index (χ3v) is 4.55. The standard InChI is InChI=1S/C15H12F2S/c1-7-4-5-10-11-8(2)6-9(3)13(17)15(11)18-14(10)12(7)16/h4-6H,1-3H3. The summed E-state index contributed by atoms with van der Waals surface area (Å²) >= 11 is 1.21. The molecule has 0 bridgehead atoms. The molecule has 3 heteroatoms. The van der Waals surface area contributed by atoms with Gasteiger partial charge in [0.25, 0.3) is 0 Å². The van der Waals surface area contributed by atoms with Crippen LogP contribution < -0.4 is 0 Å². The number of aryl methyl sites for hydroxylation is 3. The van der Waals surface area contributed by atoms with E-state index in [0.29, 0.717) is 20.5 Å². The van der Waals surface area contributed by atoms with Crippen molar-refractivity contribution < 1.29 is 8.78 Å². The van der Waals surface area contributed by atoms with Crippen LogP contribution in [0.25, 0.3) is 20.2 Å². The van der Waals surface area contributed by atoms with Crippen LogP contribution in [0.2, 0.25) is 0 Å². The maximum absolute atomic E-state index is 14.1. The second-order valence-electron chi connectivity index (χ2n) is 4.70. The molecule has 1 aromatic heterocycles. The van der Waals surface area contributed by atoms with Gasteiger partial charge in [-0.3, -0.25) is 0 Å². The van der Waals surface area contributed by atoms with Gasteiger partial charge >= 0.3 is 0 Å². The van der Waals surface area contributed by atoms with E-state index >= 15 is 0 Å². The average molecular weight is 262 g/mol. The van der Waals surface area contributed by atoms with Crippen LogP contribution in [0.5, 0.6) is 0 Å². The van der Waals surface area contributed by atoms with E-state index in [0.717, 1.165) is 16.3 Å². The van der Waals surface area contributed by atoms with Gasteiger partial charge in [-0.2, -0.15) is 0 Å². The van der Waals surface area contributed by atoms with E-state index in [2.05, 4.69) is 0 Å². The third-order valence-electron chi connectivity index (χ3n) is 3.36. The largest absolute Gasteiger partial charge is 0.205 e. The molecule has 0 saturated heterocycles. The number of hydrogen-bond acceptors (Lipinski definition) is 1. The molecule has 0 amide bonds. The Bertz CT molecular complexity index is 784. The van der Waals surface area contributed by atoms with E-state index < -0.39 is 0 Å². The van der Waals surface area contributed by atoms with Crippen LogP contribution in [-0.2, 0) is 0 Å². The van der Waals surface area contributed by atoms with E-state index in [1.807, 2.05) is 19.1 Å².